The van der Waals surface area contributed by atoms with Gasteiger partial charge < -0.3 is 5.32 Å². The number of nitrogens with one attached hydrogen (secondary N) is 1. The molecule has 0 saturated heterocycles. The van der Waals surface area contributed by atoms with E-state index in [9.17, 15) is 4.79 Å². The van der Waals surface area contributed by atoms with Crippen molar-refractivity contribution in [3.63, 3.8) is 0 Å². The summed E-state index contributed by atoms with van der Waals surface area (Å²) < 4.78 is 2.23. The van der Waals surface area contributed by atoms with Crippen LogP contribution in [0.4, 0.5) is 0 Å². The van der Waals surface area contributed by atoms with Crippen molar-refractivity contribution in [2.45, 2.75) is 64.5 Å². The molecule has 0 radical (unpaired) electrons. The molecule has 0 spiro atoms. The van der Waals surface area contributed by atoms with E-state index in [0.29, 0.717) is 22.2 Å². The van der Waals surface area contributed by atoms with Crippen molar-refractivity contribution in [3.8, 4) is 0 Å². The number of pyridine rings is 1. The minimum atomic E-state index is -0.0640. The van der Waals surface area contributed by atoms with Crippen LogP contribution in [0.5, 0.6) is 0 Å². The number of amides is 1. The van der Waals surface area contributed by atoms with E-state index in [4.69, 9.17) is 11.6 Å². The Kier molecular flexibility index (Phi) is 4.98. The fraction of sp³-hybridized carbons (Fsp3) is 0.550. The van der Waals surface area contributed by atoms with Gasteiger partial charge in [0, 0.05) is 24.5 Å². The Morgan fingerprint density at radius 3 is 2.88 bits per heavy atom. The zero-order chi connectivity index (χ0) is 18.1. The van der Waals surface area contributed by atoms with Crippen LogP contribution in [0.3, 0.4) is 0 Å². The van der Waals surface area contributed by atoms with Gasteiger partial charge >= 0.3 is 0 Å². The highest BCUT2D eigenvalue weighted by molar-refractivity contribution is 6.30. The monoisotopic (exact) mass is 372 g/mol. The Hall–Kier alpha value is -1.88. The average Bonchev–Trinajstić information content (AvgIpc) is 3.24. The largest absolute Gasteiger partial charge is 0.349 e. The summed E-state index contributed by atoms with van der Waals surface area (Å²) in [5.74, 6) is 0.591. The van der Waals surface area contributed by atoms with Crippen LogP contribution in [0.2, 0.25) is 5.02 Å². The van der Waals surface area contributed by atoms with Crippen LogP contribution in [0.1, 0.15) is 59.4 Å². The third kappa shape index (κ3) is 3.63. The summed E-state index contributed by atoms with van der Waals surface area (Å²) in [5, 5.41) is 8.25. The van der Waals surface area contributed by atoms with Gasteiger partial charge in [-0.2, -0.15) is 5.10 Å². The maximum absolute atomic E-state index is 12.5. The molecule has 2 aromatic heterocycles. The molecule has 0 atom stereocenters. The molecule has 6 heteroatoms. The number of nitrogens with zero attached hydrogens (tertiary/aromatic N) is 3. The quantitative estimate of drug-likeness (QED) is 0.889. The summed E-state index contributed by atoms with van der Waals surface area (Å²) in [6, 6.07) is 1.93. The third-order valence-corrected chi connectivity index (χ3v) is 6.01. The predicted molar refractivity (Wildman–Crippen MR) is 101 cm³/mol. The molecule has 0 bridgehead atoms. The molecular weight excluding hydrogens is 348 g/mol. The van der Waals surface area contributed by atoms with Crippen molar-refractivity contribution in [2.75, 3.05) is 0 Å². The van der Waals surface area contributed by atoms with Crippen molar-refractivity contribution < 1.29 is 4.79 Å². The summed E-state index contributed by atoms with van der Waals surface area (Å²) in [7, 11) is 0. The van der Waals surface area contributed by atoms with Crippen LogP contribution in [0, 0.1) is 12.8 Å². The fourth-order valence-corrected chi connectivity index (χ4v) is 4.44. The molecular formula is C20H25ClN4O. The lowest BCUT2D eigenvalue weighted by Gasteiger charge is -2.29. The molecule has 5 nitrogen and oxygen atoms in total. The molecule has 2 aromatic rings. The molecule has 26 heavy (non-hydrogen) atoms. The highest BCUT2D eigenvalue weighted by atomic mass is 35.5. The molecule has 4 rings (SSSR count). The Morgan fingerprint density at radius 1 is 1.27 bits per heavy atom. The Morgan fingerprint density at radius 2 is 2.08 bits per heavy atom. The third-order valence-electron chi connectivity index (χ3n) is 5.81. The van der Waals surface area contributed by atoms with Gasteiger partial charge in [-0.3, -0.25) is 14.5 Å². The maximum Gasteiger partial charge on any atom is 0.253 e. The number of carbonyl (C=O) groups is 1. The molecule has 1 N–H and O–H groups in total. The minimum Gasteiger partial charge on any atom is -0.349 e. The molecule has 0 aromatic carbocycles. The number of hydrogen-bond acceptors (Lipinski definition) is 3. The second kappa shape index (κ2) is 7.39. The van der Waals surface area contributed by atoms with Gasteiger partial charge in [0.15, 0.2) is 0 Å². The number of halogens is 1. The Labute approximate surface area is 159 Å². The second-order valence-corrected chi connectivity index (χ2v) is 8.07. The highest BCUT2D eigenvalue weighted by Gasteiger charge is 2.25. The number of carbonyl (C=O) groups excluding carboxylic acids is 1. The van der Waals surface area contributed by atoms with Crippen molar-refractivity contribution in [1.29, 1.82) is 0 Å². The summed E-state index contributed by atoms with van der Waals surface area (Å²) in [5.41, 5.74) is 4.18. The van der Waals surface area contributed by atoms with Gasteiger partial charge in [0.05, 0.1) is 22.5 Å². The van der Waals surface area contributed by atoms with Gasteiger partial charge in [-0.15, -0.1) is 0 Å². The highest BCUT2D eigenvalue weighted by Crippen LogP contribution is 2.28. The lowest BCUT2D eigenvalue weighted by atomic mass is 9.86. The summed E-state index contributed by atoms with van der Waals surface area (Å²) in [6.07, 6.45) is 11.6. The van der Waals surface area contributed by atoms with Gasteiger partial charge in [0.2, 0.25) is 0 Å². The van der Waals surface area contributed by atoms with Crippen LogP contribution in [0.25, 0.3) is 0 Å². The van der Waals surface area contributed by atoms with E-state index in [0.717, 1.165) is 32.2 Å². The first-order valence-electron chi connectivity index (χ1n) is 9.56. The zero-order valence-electron chi connectivity index (χ0n) is 15.2. The first-order chi connectivity index (χ1) is 12.6. The van der Waals surface area contributed by atoms with Crippen LogP contribution in [-0.4, -0.2) is 26.7 Å². The minimum absolute atomic E-state index is 0.0640. The summed E-state index contributed by atoms with van der Waals surface area (Å²) in [4.78, 5) is 16.7. The summed E-state index contributed by atoms with van der Waals surface area (Å²) in [6.45, 7) is 2.86. The van der Waals surface area contributed by atoms with Gasteiger partial charge in [-0.1, -0.05) is 11.6 Å². The number of aromatic nitrogens is 3. The van der Waals surface area contributed by atoms with E-state index >= 15 is 0 Å². The fourth-order valence-electron chi connectivity index (χ4n) is 4.29. The maximum atomic E-state index is 12.5. The van der Waals surface area contributed by atoms with E-state index < -0.39 is 0 Å². The Balaban J connectivity index is 1.31. The number of rotatable bonds is 4. The SMILES string of the molecule is Cc1ncc(Cl)cc1C(=O)NC1CCC(Cn2ncc3c2CCC3)CC1. The molecule has 0 unspecified atom stereocenters. The molecule has 138 valence electrons. The molecule has 1 amide bonds. The molecule has 2 aliphatic carbocycles. The molecule has 1 fully saturated rings. The van der Waals surface area contributed by atoms with Gasteiger partial charge in [0.25, 0.3) is 5.91 Å². The van der Waals surface area contributed by atoms with Crippen molar-refractivity contribution >= 4 is 17.5 Å². The number of aryl methyl sites for hydroxylation is 2. The van der Waals surface area contributed by atoms with E-state index in [1.807, 2.05) is 6.92 Å². The smallest absolute Gasteiger partial charge is 0.253 e. The van der Waals surface area contributed by atoms with Crippen molar-refractivity contribution in [3.05, 3.63) is 46.0 Å². The first-order valence-corrected chi connectivity index (χ1v) is 9.94. The van der Waals surface area contributed by atoms with E-state index in [-0.39, 0.29) is 11.9 Å². The second-order valence-electron chi connectivity index (χ2n) is 7.63. The van der Waals surface area contributed by atoms with Crippen molar-refractivity contribution in [1.82, 2.24) is 20.1 Å². The number of fused-ring (bicyclic) bond motifs is 1. The predicted octanol–water partition coefficient (Wildman–Crippen LogP) is 3.72. The van der Waals surface area contributed by atoms with E-state index in [2.05, 4.69) is 26.3 Å². The standard InChI is InChI=1S/C20H25ClN4O/c1-13-18(9-16(21)11-22-13)20(26)24-17-7-5-14(6-8-17)12-25-19-4-2-3-15(19)10-23-25/h9-11,14,17H,2-8,12H2,1H3,(H,24,26). The van der Waals surface area contributed by atoms with Crippen LogP contribution < -0.4 is 5.32 Å². The van der Waals surface area contributed by atoms with Crippen LogP contribution in [-0.2, 0) is 19.4 Å². The zero-order valence-corrected chi connectivity index (χ0v) is 15.9. The lowest BCUT2D eigenvalue weighted by Crippen LogP contribution is -2.38. The van der Waals surface area contributed by atoms with E-state index in [1.165, 1.54) is 30.5 Å². The molecule has 2 heterocycles. The molecule has 2 aliphatic rings. The van der Waals surface area contributed by atoms with Crippen LogP contribution in [0.15, 0.2) is 18.5 Å². The first kappa shape index (κ1) is 17.5. The molecule has 0 aliphatic heterocycles. The van der Waals surface area contributed by atoms with Gasteiger partial charge in [-0.25, -0.2) is 0 Å². The normalized spacial score (nSPS) is 22.2. The average molecular weight is 373 g/mol. The van der Waals surface area contributed by atoms with Gasteiger partial charge in [0.1, 0.15) is 0 Å². The van der Waals surface area contributed by atoms with Crippen molar-refractivity contribution in [2.24, 2.45) is 5.92 Å². The lowest BCUT2D eigenvalue weighted by molar-refractivity contribution is 0.0919. The van der Waals surface area contributed by atoms with Crippen LogP contribution >= 0.6 is 11.6 Å². The van der Waals surface area contributed by atoms with Gasteiger partial charge in [-0.05, 0) is 69.4 Å². The molecule has 1 saturated carbocycles. The topological polar surface area (TPSA) is 59.8 Å². The Bertz CT molecular complexity index is 808. The van der Waals surface area contributed by atoms with E-state index in [1.54, 1.807) is 12.3 Å². The number of hydrogen-bond donors (Lipinski definition) is 1. The summed E-state index contributed by atoms with van der Waals surface area (Å²) >= 11 is 5.98.